The van der Waals surface area contributed by atoms with Gasteiger partial charge in [-0.15, -0.1) is 0 Å². The van der Waals surface area contributed by atoms with Crippen molar-refractivity contribution in [3.63, 3.8) is 0 Å². The third kappa shape index (κ3) is 6.48. The average molecular weight is 530 g/mol. The predicted octanol–water partition coefficient (Wildman–Crippen LogP) is 5.20. The maximum Gasteiger partial charge on any atom is 0.395 e. The number of hydrogen-bond acceptors (Lipinski definition) is 3. The molecule has 0 radical (unpaired) electrons. The van der Waals surface area contributed by atoms with E-state index in [2.05, 4.69) is 5.32 Å². The summed E-state index contributed by atoms with van der Waals surface area (Å²) in [5, 5.41) is 3.21. The number of nitrogens with one attached hydrogen (secondary N) is 1. The number of nitrogens with zero attached hydrogens (tertiary/aromatic N) is 1. The van der Waals surface area contributed by atoms with Crippen molar-refractivity contribution in [2.24, 2.45) is 11.1 Å². The van der Waals surface area contributed by atoms with Crippen LogP contribution in [0.2, 0.25) is 10.0 Å². The fourth-order valence-electron chi connectivity index (χ4n) is 4.33. The van der Waals surface area contributed by atoms with Crippen LogP contribution in [0.3, 0.4) is 0 Å². The number of rotatable bonds is 10. The second-order valence-electron chi connectivity index (χ2n) is 9.27. The number of alkyl halides is 3. The molecule has 1 fully saturated rings. The Balaban J connectivity index is 1.71. The lowest BCUT2D eigenvalue weighted by atomic mass is 9.80. The smallest absolute Gasteiger partial charge is 0.366 e. The number of likely N-dealkylation sites (N-methyl/N-ethyl adjacent to an activating group) is 1. The van der Waals surface area contributed by atoms with Gasteiger partial charge in [-0.3, -0.25) is 9.59 Å². The molecule has 0 bridgehead atoms. The van der Waals surface area contributed by atoms with Crippen LogP contribution in [0.4, 0.5) is 13.2 Å². The molecule has 3 rings (SSSR count). The number of carbonyl (C=O) groups is 2. The molecule has 1 aliphatic rings. The van der Waals surface area contributed by atoms with Crippen LogP contribution in [0, 0.1) is 5.41 Å². The summed E-state index contributed by atoms with van der Waals surface area (Å²) in [7, 11) is 3.71. The van der Waals surface area contributed by atoms with E-state index in [0.29, 0.717) is 17.5 Å². The first-order valence-corrected chi connectivity index (χ1v) is 11.9. The molecule has 0 spiro atoms. The summed E-state index contributed by atoms with van der Waals surface area (Å²) in [6.45, 7) is 0.247. The van der Waals surface area contributed by atoms with E-state index >= 15 is 0 Å². The number of benzene rings is 2. The highest BCUT2D eigenvalue weighted by molar-refractivity contribution is 6.42. The summed E-state index contributed by atoms with van der Waals surface area (Å²) in [5.74, 6) is -2.04. The Morgan fingerprint density at radius 3 is 2.20 bits per heavy atom. The predicted molar refractivity (Wildman–Crippen MR) is 131 cm³/mol. The average Bonchev–Trinajstić information content (AvgIpc) is 3.59. The Morgan fingerprint density at radius 1 is 1.09 bits per heavy atom. The van der Waals surface area contributed by atoms with Crippen molar-refractivity contribution in [2.45, 2.75) is 43.8 Å². The molecule has 0 heterocycles. The fraction of sp³-hybridized carbons (Fsp3) is 0.440. The molecule has 1 saturated carbocycles. The van der Waals surface area contributed by atoms with Crippen molar-refractivity contribution >= 4 is 35.0 Å². The van der Waals surface area contributed by atoms with Crippen molar-refractivity contribution in [3.05, 3.63) is 69.2 Å². The van der Waals surface area contributed by atoms with E-state index in [1.54, 1.807) is 24.3 Å². The standard InChI is InChI=1S/C25H28Cl2F3N3O2/c1-33(2)18(11-15-3-5-16(6-4-15)23(31)35)14-32-22(34)13-19(24(9-10-24)25(28,29)30)17-7-8-20(26)21(27)12-17/h3-8,12,18-19H,9-11,13-14H2,1-2H3,(H2,31,35)(H,32,34). The highest BCUT2D eigenvalue weighted by atomic mass is 35.5. The van der Waals surface area contributed by atoms with Gasteiger partial charge in [0.1, 0.15) is 0 Å². The van der Waals surface area contributed by atoms with Gasteiger partial charge in [-0.2, -0.15) is 13.2 Å². The molecular formula is C25H28Cl2F3N3O2. The van der Waals surface area contributed by atoms with Crippen LogP contribution in [0.25, 0.3) is 0 Å². The molecule has 2 unspecified atom stereocenters. The minimum atomic E-state index is -4.44. The molecule has 0 aromatic heterocycles. The molecule has 35 heavy (non-hydrogen) atoms. The molecule has 10 heteroatoms. The van der Waals surface area contributed by atoms with Crippen molar-refractivity contribution in [3.8, 4) is 0 Å². The van der Waals surface area contributed by atoms with Gasteiger partial charge in [0.25, 0.3) is 0 Å². The lowest BCUT2D eigenvalue weighted by molar-refractivity contribution is -0.194. The first kappa shape index (κ1) is 27.3. The maximum atomic E-state index is 14.0. The molecule has 2 atom stereocenters. The molecule has 0 saturated heterocycles. The van der Waals surface area contributed by atoms with Crippen LogP contribution < -0.4 is 11.1 Å². The monoisotopic (exact) mass is 529 g/mol. The Kier molecular flexibility index (Phi) is 8.40. The summed E-state index contributed by atoms with van der Waals surface area (Å²) < 4.78 is 41.9. The van der Waals surface area contributed by atoms with E-state index in [1.807, 2.05) is 19.0 Å². The van der Waals surface area contributed by atoms with Crippen molar-refractivity contribution < 1.29 is 22.8 Å². The SMILES string of the molecule is CN(C)C(CNC(=O)CC(c1ccc(Cl)c(Cl)c1)C1(C(F)(F)F)CC1)Cc1ccc(C(N)=O)cc1. The van der Waals surface area contributed by atoms with Crippen LogP contribution in [0.15, 0.2) is 42.5 Å². The van der Waals surface area contributed by atoms with Crippen molar-refractivity contribution in [1.82, 2.24) is 10.2 Å². The first-order chi connectivity index (χ1) is 16.3. The van der Waals surface area contributed by atoms with Crippen molar-refractivity contribution in [2.75, 3.05) is 20.6 Å². The number of carbonyl (C=O) groups excluding carboxylic acids is 2. The number of primary amides is 1. The summed E-state index contributed by atoms with van der Waals surface area (Å²) >= 11 is 12.0. The highest BCUT2D eigenvalue weighted by Crippen LogP contribution is 2.66. The second kappa shape index (κ2) is 10.8. The Labute approximate surface area is 212 Å². The minimum absolute atomic E-state index is 0.0314. The zero-order chi connectivity index (χ0) is 26.0. The second-order valence-corrected chi connectivity index (χ2v) is 10.1. The van der Waals surface area contributed by atoms with E-state index < -0.39 is 29.3 Å². The van der Waals surface area contributed by atoms with Gasteiger partial charge >= 0.3 is 6.18 Å². The number of amides is 2. The lowest BCUT2D eigenvalue weighted by Gasteiger charge is -2.30. The normalized spacial score (nSPS) is 16.6. The number of hydrogen-bond donors (Lipinski definition) is 2. The van der Waals surface area contributed by atoms with Crippen LogP contribution in [0.5, 0.6) is 0 Å². The molecule has 2 aromatic carbocycles. The zero-order valence-electron chi connectivity index (χ0n) is 19.5. The Morgan fingerprint density at radius 2 is 1.71 bits per heavy atom. The van der Waals surface area contributed by atoms with Gasteiger partial charge in [-0.25, -0.2) is 0 Å². The quantitative estimate of drug-likeness (QED) is 0.444. The molecule has 0 aliphatic heterocycles. The molecule has 5 nitrogen and oxygen atoms in total. The molecule has 190 valence electrons. The molecule has 2 aromatic rings. The third-order valence-corrected chi connectivity index (χ3v) is 7.47. The summed E-state index contributed by atoms with van der Waals surface area (Å²) in [6, 6.07) is 11.1. The van der Waals surface area contributed by atoms with Gasteiger partial charge in [0.2, 0.25) is 11.8 Å². The lowest BCUT2D eigenvalue weighted by Crippen LogP contribution is -2.42. The minimum Gasteiger partial charge on any atom is -0.366 e. The molecule has 1 aliphatic carbocycles. The van der Waals surface area contributed by atoms with Gasteiger partial charge in [0.15, 0.2) is 0 Å². The molecule has 3 N–H and O–H groups in total. The van der Waals surface area contributed by atoms with Gasteiger partial charge < -0.3 is 16.0 Å². The third-order valence-electron chi connectivity index (χ3n) is 6.73. The van der Waals surface area contributed by atoms with Gasteiger partial charge in [0.05, 0.1) is 15.5 Å². The highest BCUT2D eigenvalue weighted by Gasteiger charge is 2.67. The molecular weight excluding hydrogens is 502 g/mol. The van der Waals surface area contributed by atoms with Crippen LogP contribution >= 0.6 is 23.2 Å². The molecule has 2 amide bonds. The van der Waals surface area contributed by atoms with E-state index in [4.69, 9.17) is 28.9 Å². The fourth-order valence-corrected chi connectivity index (χ4v) is 4.64. The van der Waals surface area contributed by atoms with Crippen LogP contribution in [0.1, 0.15) is 46.7 Å². The largest absolute Gasteiger partial charge is 0.395 e. The summed E-state index contributed by atoms with van der Waals surface area (Å²) in [6.07, 6.45) is -4.25. The summed E-state index contributed by atoms with van der Waals surface area (Å²) in [5.41, 5.74) is 5.02. The van der Waals surface area contributed by atoms with Crippen molar-refractivity contribution in [1.29, 1.82) is 0 Å². The Bertz CT molecular complexity index is 1070. The van der Waals surface area contributed by atoms with Gasteiger partial charge in [-0.05, 0) is 68.8 Å². The Hall–Kier alpha value is -2.29. The van der Waals surface area contributed by atoms with Crippen LogP contribution in [-0.4, -0.2) is 49.6 Å². The van der Waals surface area contributed by atoms with E-state index in [1.165, 1.54) is 18.2 Å². The van der Waals surface area contributed by atoms with Gasteiger partial charge in [-0.1, -0.05) is 41.4 Å². The first-order valence-electron chi connectivity index (χ1n) is 11.2. The van der Waals surface area contributed by atoms with E-state index in [0.717, 1.165) is 5.56 Å². The van der Waals surface area contributed by atoms with E-state index in [-0.39, 0.29) is 41.9 Å². The van der Waals surface area contributed by atoms with Crippen LogP contribution in [-0.2, 0) is 11.2 Å². The number of nitrogens with two attached hydrogens (primary N) is 1. The van der Waals surface area contributed by atoms with E-state index in [9.17, 15) is 22.8 Å². The van der Waals surface area contributed by atoms with Gasteiger partial charge in [0, 0.05) is 30.5 Å². The maximum absolute atomic E-state index is 14.0. The zero-order valence-corrected chi connectivity index (χ0v) is 21.0. The number of halogens is 5. The summed E-state index contributed by atoms with van der Waals surface area (Å²) in [4.78, 5) is 26.1. The topological polar surface area (TPSA) is 75.4 Å².